The lowest BCUT2D eigenvalue weighted by molar-refractivity contribution is 0.433. The van der Waals surface area contributed by atoms with E-state index < -0.39 is 0 Å². The highest BCUT2D eigenvalue weighted by Gasteiger charge is 2.35. The summed E-state index contributed by atoms with van der Waals surface area (Å²) in [5, 5.41) is 0. The predicted octanol–water partition coefficient (Wildman–Crippen LogP) is 12.0. The fourth-order valence-corrected chi connectivity index (χ4v) is 9.78. The molecule has 2 aromatic carbocycles. The van der Waals surface area contributed by atoms with Crippen molar-refractivity contribution in [2.75, 3.05) is 9.80 Å². The van der Waals surface area contributed by atoms with Crippen LogP contribution in [0, 0.1) is 0 Å². The second-order valence-corrected chi connectivity index (χ2v) is 14.7. The smallest absolute Gasteiger partial charge is 0.107 e. The lowest BCUT2D eigenvalue weighted by Gasteiger charge is -2.39. The molecule has 4 aliphatic carbocycles. The Bertz CT molecular complexity index is 1040. The van der Waals surface area contributed by atoms with Gasteiger partial charge in [0.05, 0.1) is 0 Å². The fourth-order valence-electron chi connectivity index (χ4n) is 9.78. The maximum absolute atomic E-state index is 2.73. The molecule has 2 nitrogen and oxygen atoms in total. The molecule has 1 heterocycles. The van der Waals surface area contributed by atoms with Gasteiger partial charge < -0.3 is 9.80 Å². The zero-order valence-electron chi connectivity index (χ0n) is 26.5. The Hall–Kier alpha value is -2.22. The third kappa shape index (κ3) is 5.69. The van der Waals surface area contributed by atoms with Crippen LogP contribution in [-0.2, 0) is 0 Å². The molecule has 2 aromatic rings. The zero-order valence-corrected chi connectivity index (χ0v) is 26.5. The Kier molecular flexibility index (Phi) is 8.96. The molecule has 5 aliphatic rings. The number of hydrogen-bond donors (Lipinski definition) is 0. The van der Waals surface area contributed by atoms with E-state index in [9.17, 15) is 0 Å². The number of para-hydroxylation sites is 2. The monoisotopic (exact) mass is 564 g/mol. The molecule has 0 N–H and O–H groups in total. The quantitative estimate of drug-likeness (QED) is 0.344. The molecule has 4 saturated carbocycles. The molecule has 0 bridgehead atoms. The normalized spacial score (nSPS) is 24.1. The first-order valence-electron chi connectivity index (χ1n) is 18.3. The maximum atomic E-state index is 2.73. The molecule has 0 amide bonds. The Morgan fingerprint density at radius 2 is 0.667 bits per heavy atom. The van der Waals surface area contributed by atoms with Gasteiger partial charge in [-0.05, 0) is 104 Å². The van der Waals surface area contributed by atoms with Crippen molar-refractivity contribution in [3.8, 4) is 0 Å². The highest BCUT2D eigenvalue weighted by molar-refractivity contribution is 5.72. The number of rotatable bonds is 6. The average molecular weight is 565 g/mol. The van der Waals surface area contributed by atoms with Crippen LogP contribution in [0.3, 0.4) is 0 Å². The van der Waals surface area contributed by atoms with E-state index in [0.29, 0.717) is 6.17 Å². The Balaban J connectivity index is 1.29. The molecule has 0 atom stereocenters. The van der Waals surface area contributed by atoms with Gasteiger partial charge in [0.1, 0.15) is 6.17 Å². The first-order valence-corrected chi connectivity index (χ1v) is 18.3. The van der Waals surface area contributed by atoms with Gasteiger partial charge >= 0.3 is 0 Å². The van der Waals surface area contributed by atoms with Crippen molar-refractivity contribution < 1.29 is 0 Å². The minimum absolute atomic E-state index is 0.309. The van der Waals surface area contributed by atoms with Crippen LogP contribution < -0.4 is 9.80 Å². The van der Waals surface area contributed by atoms with Crippen LogP contribution in [0.2, 0.25) is 0 Å². The topological polar surface area (TPSA) is 6.48 Å². The first kappa shape index (κ1) is 28.5. The van der Waals surface area contributed by atoms with Gasteiger partial charge in [-0.3, -0.25) is 0 Å². The van der Waals surface area contributed by atoms with Crippen LogP contribution in [0.5, 0.6) is 0 Å². The Labute approximate surface area is 257 Å². The number of benzene rings is 2. The van der Waals surface area contributed by atoms with E-state index in [4.69, 9.17) is 0 Å². The number of nitrogens with zero attached hydrogens (tertiary/aromatic N) is 2. The van der Waals surface area contributed by atoms with Gasteiger partial charge in [0.2, 0.25) is 0 Å². The maximum Gasteiger partial charge on any atom is 0.107 e. The zero-order chi connectivity index (χ0) is 28.3. The number of anilines is 2. The third-order valence-corrected chi connectivity index (χ3v) is 12.1. The van der Waals surface area contributed by atoms with Crippen molar-refractivity contribution in [2.45, 2.75) is 165 Å². The van der Waals surface area contributed by atoms with Crippen LogP contribution in [0.1, 0.15) is 181 Å². The van der Waals surface area contributed by atoms with E-state index in [1.54, 1.807) is 33.6 Å². The summed E-state index contributed by atoms with van der Waals surface area (Å²) < 4.78 is 0. The Morgan fingerprint density at radius 3 is 0.929 bits per heavy atom. The molecule has 4 fully saturated rings. The molecule has 0 spiro atoms. The van der Waals surface area contributed by atoms with Gasteiger partial charge in [0.25, 0.3) is 0 Å². The highest BCUT2D eigenvalue weighted by Crippen LogP contribution is 2.49. The molecule has 226 valence electrons. The van der Waals surface area contributed by atoms with Crippen LogP contribution >= 0.6 is 0 Å². The van der Waals surface area contributed by atoms with Crippen molar-refractivity contribution in [3.05, 3.63) is 71.1 Å². The van der Waals surface area contributed by atoms with Gasteiger partial charge in [0.15, 0.2) is 0 Å². The molecule has 0 saturated heterocycles. The van der Waals surface area contributed by atoms with E-state index >= 15 is 0 Å². The van der Waals surface area contributed by atoms with E-state index in [1.807, 2.05) is 0 Å². The van der Waals surface area contributed by atoms with E-state index in [-0.39, 0.29) is 0 Å². The average Bonchev–Trinajstić information content (AvgIpc) is 3.45. The summed E-state index contributed by atoms with van der Waals surface area (Å²) >= 11 is 0. The second kappa shape index (κ2) is 13.2. The van der Waals surface area contributed by atoms with Crippen molar-refractivity contribution in [2.24, 2.45) is 0 Å². The van der Waals surface area contributed by atoms with Crippen molar-refractivity contribution in [1.29, 1.82) is 0 Å². The molecular formula is C40H56N2. The predicted molar refractivity (Wildman–Crippen MR) is 180 cm³/mol. The standard InChI is InChI=1S/C40H56N2/c1-30-41(39-35(31-16-6-2-7-17-31)24-14-25-36(39)32-18-8-3-9-19-32)28-29-42(30)40-37(33-20-10-4-11-21-33)26-15-27-38(40)34-22-12-5-13-23-34/h14-15,24-34H,2-13,16-23H2,1H3. The molecule has 0 radical (unpaired) electrons. The van der Waals surface area contributed by atoms with Crippen LogP contribution in [0.4, 0.5) is 11.4 Å². The van der Waals surface area contributed by atoms with E-state index in [1.165, 1.54) is 128 Å². The molecule has 2 heteroatoms. The summed E-state index contributed by atoms with van der Waals surface area (Å²) in [7, 11) is 0. The Morgan fingerprint density at radius 1 is 0.405 bits per heavy atom. The van der Waals surface area contributed by atoms with Gasteiger partial charge in [-0.25, -0.2) is 0 Å². The first-order chi connectivity index (χ1) is 20.8. The highest BCUT2D eigenvalue weighted by atomic mass is 15.4. The van der Waals surface area contributed by atoms with Gasteiger partial charge in [0, 0.05) is 23.8 Å². The summed E-state index contributed by atoms with van der Waals surface area (Å²) in [6.45, 7) is 2.50. The molecule has 0 unspecified atom stereocenters. The minimum atomic E-state index is 0.309. The molecule has 1 aliphatic heterocycles. The lowest BCUT2D eigenvalue weighted by Crippen LogP contribution is -2.38. The molecule has 42 heavy (non-hydrogen) atoms. The summed E-state index contributed by atoms with van der Waals surface area (Å²) in [6.07, 6.45) is 33.1. The van der Waals surface area contributed by atoms with E-state index in [2.05, 4.69) is 65.5 Å². The van der Waals surface area contributed by atoms with Crippen LogP contribution in [0.15, 0.2) is 48.8 Å². The largest absolute Gasteiger partial charge is 0.325 e. The molecule has 7 rings (SSSR count). The van der Waals surface area contributed by atoms with E-state index in [0.717, 1.165) is 23.7 Å². The van der Waals surface area contributed by atoms with Gasteiger partial charge in [-0.15, -0.1) is 0 Å². The summed E-state index contributed by atoms with van der Waals surface area (Å²) in [5.74, 6) is 2.89. The van der Waals surface area contributed by atoms with Gasteiger partial charge in [-0.1, -0.05) is 113 Å². The minimum Gasteiger partial charge on any atom is -0.325 e. The molecular weight excluding hydrogens is 508 g/mol. The van der Waals surface area contributed by atoms with Crippen molar-refractivity contribution in [1.82, 2.24) is 0 Å². The summed E-state index contributed by atoms with van der Waals surface area (Å²) in [4.78, 5) is 5.46. The van der Waals surface area contributed by atoms with Crippen LogP contribution in [-0.4, -0.2) is 6.17 Å². The molecule has 0 aromatic heterocycles. The van der Waals surface area contributed by atoms with Crippen molar-refractivity contribution in [3.63, 3.8) is 0 Å². The SMILES string of the molecule is CC1N(c2c(C3CCCCC3)cccc2C2CCCCC2)C=CN1c1c(C2CCCCC2)cccc1C1CCCCC1. The number of hydrogen-bond acceptors (Lipinski definition) is 2. The second-order valence-electron chi connectivity index (χ2n) is 14.7. The fraction of sp³-hybridized carbons (Fsp3) is 0.650. The summed E-state index contributed by atoms with van der Waals surface area (Å²) in [5.41, 5.74) is 9.82. The van der Waals surface area contributed by atoms with Crippen LogP contribution in [0.25, 0.3) is 0 Å². The third-order valence-electron chi connectivity index (χ3n) is 12.1. The van der Waals surface area contributed by atoms with Crippen molar-refractivity contribution >= 4 is 11.4 Å². The summed E-state index contributed by atoms with van der Waals surface area (Å²) in [6, 6.07) is 14.9. The van der Waals surface area contributed by atoms with Gasteiger partial charge in [-0.2, -0.15) is 0 Å². The lowest BCUT2D eigenvalue weighted by atomic mass is 9.78.